The molecule has 4 nitrogen and oxygen atoms in total. The number of likely N-dealkylation sites (N-methyl/N-ethyl adjacent to an activating group) is 1. The van der Waals surface area contributed by atoms with Crippen molar-refractivity contribution in [2.75, 3.05) is 20.6 Å². The Morgan fingerprint density at radius 3 is 2.06 bits per heavy atom. The maximum atomic E-state index is 12.5. The zero-order chi connectivity index (χ0) is 25.4. The van der Waals surface area contributed by atoms with E-state index in [1.807, 2.05) is 44.4 Å². The average Bonchev–Trinajstić information content (AvgIpc) is 2.80. The number of esters is 1. The number of carbonyl (C=O) groups excluding carboxylic acids is 1. The molecule has 0 radical (unpaired) electrons. The van der Waals surface area contributed by atoms with Crippen LogP contribution in [0.5, 0.6) is 5.75 Å². The van der Waals surface area contributed by atoms with Gasteiger partial charge in [0, 0.05) is 12.5 Å². The number of unbranched alkanes of at least 4 members (excludes halogenated alkanes) is 9. The summed E-state index contributed by atoms with van der Waals surface area (Å²) in [5, 5.41) is 0. The number of ether oxygens (including phenoxy) is 2. The van der Waals surface area contributed by atoms with Crippen molar-refractivity contribution in [3.63, 3.8) is 0 Å². The smallest absolute Gasteiger partial charge is 0.364 e. The highest BCUT2D eigenvalue weighted by molar-refractivity contribution is 5.70. The maximum Gasteiger partial charge on any atom is 0.364 e. The molecular weight excluding hydrogens is 434 g/mol. The van der Waals surface area contributed by atoms with Gasteiger partial charge < -0.3 is 14.0 Å². The standard InChI is InChI=1S/C31H48NO3/c1-5-6-7-8-9-10-11-12-13-15-19-28-22-18-23-30(24-28)34-27(2)35-31(33)26-32(3,4)25-29-20-16-14-17-21-29/h14,16-18,20-24,27H,5-13,15,19,25-26H2,1-4H3/q+1. The molecule has 0 N–H and O–H groups in total. The molecule has 0 amide bonds. The van der Waals surface area contributed by atoms with Gasteiger partial charge in [-0.25, -0.2) is 4.79 Å². The Bertz CT molecular complexity index is 834. The van der Waals surface area contributed by atoms with E-state index in [1.165, 1.54) is 75.3 Å². The highest BCUT2D eigenvalue weighted by Gasteiger charge is 2.23. The molecule has 2 aromatic rings. The molecule has 1 unspecified atom stereocenters. The number of rotatable bonds is 18. The summed E-state index contributed by atoms with van der Waals surface area (Å²) in [7, 11) is 4.08. The molecule has 35 heavy (non-hydrogen) atoms. The molecule has 0 spiro atoms. The van der Waals surface area contributed by atoms with Crippen molar-refractivity contribution in [1.29, 1.82) is 0 Å². The van der Waals surface area contributed by atoms with Crippen molar-refractivity contribution < 1.29 is 18.8 Å². The van der Waals surface area contributed by atoms with Crippen LogP contribution in [-0.4, -0.2) is 37.4 Å². The van der Waals surface area contributed by atoms with E-state index in [1.54, 1.807) is 6.92 Å². The predicted octanol–water partition coefficient (Wildman–Crippen LogP) is 7.69. The zero-order valence-electron chi connectivity index (χ0n) is 22.6. The Morgan fingerprint density at radius 2 is 1.40 bits per heavy atom. The van der Waals surface area contributed by atoms with Crippen LogP contribution in [0.2, 0.25) is 0 Å². The zero-order valence-corrected chi connectivity index (χ0v) is 22.6. The van der Waals surface area contributed by atoms with Crippen LogP contribution < -0.4 is 4.74 Å². The van der Waals surface area contributed by atoms with E-state index < -0.39 is 6.29 Å². The first-order chi connectivity index (χ1) is 16.9. The van der Waals surface area contributed by atoms with Crippen molar-refractivity contribution in [2.24, 2.45) is 0 Å². The molecule has 0 fully saturated rings. The van der Waals surface area contributed by atoms with E-state index in [4.69, 9.17) is 9.47 Å². The van der Waals surface area contributed by atoms with Crippen molar-refractivity contribution in [3.8, 4) is 5.75 Å². The molecule has 0 saturated carbocycles. The minimum absolute atomic E-state index is 0.250. The van der Waals surface area contributed by atoms with E-state index in [-0.39, 0.29) is 5.97 Å². The molecular formula is C31H48NO3+. The number of aryl methyl sites for hydroxylation is 1. The SMILES string of the molecule is CCCCCCCCCCCCc1cccc(OC(C)OC(=O)C[N+](C)(C)Cc2ccccc2)c1. The Hall–Kier alpha value is -2.33. The van der Waals surface area contributed by atoms with E-state index in [2.05, 4.69) is 31.2 Å². The number of hydrogen-bond acceptors (Lipinski definition) is 3. The van der Waals surface area contributed by atoms with Crippen molar-refractivity contribution in [3.05, 3.63) is 65.7 Å². The van der Waals surface area contributed by atoms with Crippen LogP contribution in [0.4, 0.5) is 0 Å². The van der Waals surface area contributed by atoms with Gasteiger partial charge in [0.25, 0.3) is 0 Å². The fourth-order valence-corrected chi connectivity index (χ4v) is 4.51. The number of hydrogen-bond donors (Lipinski definition) is 0. The summed E-state index contributed by atoms with van der Waals surface area (Å²) >= 11 is 0. The maximum absolute atomic E-state index is 12.5. The van der Waals surface area contributed by atoms with Crippen LogP contribution in [-0.2, 0) is 22.5 Å². The van der Waals surface area contributed by atoms with Gasteiger partial charge >= 0.3 is 5.97 Å². The third-order valence-corrected chi connectivity index (χ3v) is 6.33. The van der Waals surface area contributed by atoms with Crippen LogP contribution >= 0.6 is 0 Å². The number of quaternary nitrogens is 1. The molecule has 1 atom stereocenters. The van der Waals surface area contributed by atoms with Gasteiger partial charge in [-0.15, -0.1) is 0 Å². The van der Waals surface area contributed by atoms with Gasteiger partial charge in [-0.2, -0.15) is 0 Å². The average molecular weight is 483 g/mol. The molecule has 0 aliphatic heterocycles. The molecule has 0 saturated heterocycles. The summed E-state index contributed by atoms with van der Waals surface area (Å²) in [6.07, 6.45) is 13.9. The second kappa shape index (κ2) is 16.4. The van der Waals surface area contributed by atoms with E-state index in [0.29, 0.717) is 11.0 Å². The van der Waals surface area contributed by atoms with Gasteiger partial charge in [-0.3, -0.25) is 0 Å². The topological polar surface area (TPSA) is 35.5 Å². The normalized spacial score (nSPS) is 12.3. The van der Waals surface area contributed by atoms with Gasteiger partial charge in [-0.1, -0.05) is 107 Å². The van der Waals surface area contributed by atoms with Gasteiger partial charge in [-0.05, 0) is 30.5 Å². The quantitative estimate of drug-likeness (QED) is 0.0945. The van der Waals surface area contributed by atoms with E-state index >= 15 is 0 Å². The van der Waals surface area contributed by atoms with Gasteiger partial charge in [0.05, 0.1) is 14.1 Å². The van der Waals surface area contributed by atoms with Crippen LogP contribution in [0.15, 0.2) is 54.6 Å². The molecule has 194 valence electrons. The minimum Gasteiger partial charge on any atom is -0.455 e. The summed E-state index contributed by atoms with van der Waals surface area (Å²) in [6.45, 7) is 5.12. The lowest BCUT2D eigenvalue weighted by atomic mass is 10.0. The molecule has 0 heterocycles. The highest BCUT2D eigenvalue weighted by atomic mass is 16.7. The molecule has 4 heteroatoms. The molecule has 2 rings (SSSR count). The van der Waals surface area contributed by atoms with Crippen LogP contribution in [0, 0.1) is 0 Å². The number of carbonyl (C=O) groups is 1. The number of nitrogens with zero attached hydrogens (tertiary/aromatic N) is 1. The Labute approximate surface area is 214 Å². The molecule has 0 bridgehead atoms. The van der Waals surface area contributed by atoms with E-state index in [0.717, 1.165) is 18.7 Å². The Morgan fingerprint density at radius 1 is 0.800 bits per heavy atom. The fourth-order valence-electron chi connectivity index (χ4n) is 4.51. The van der Waals surface area contributed by atoms with Gasteiger partial charge in [0.15, 0.2) is 6.54 Å². The van der Waals surface area contributed by atoms with Gasteiger partial charge in [0.1, 0.15) is 12.3 Å². The summed E-state index contributed by atoms with van der Waals surface area (Å²) in [6, 6.07) is 18.4. The summed E-state index contributed by atoms with van der Waals surface area (Å²) in [4.78, 5) is 12.5. The Balaban J connectivity index is 1.65. The lowest BCUT2D eigenvalue weighted by Crippen LogP contribution is -2.44. The third-order valence-electron chi connectivity index (χ3n) is 6.33. The predicted molar refractivity (Wildman–Crippen MR) is 145 cm³/mol. The summed E-state index contributed by atoms with van der Waals surface area (Å²) < 4.78 is 12.0. The van der Waals surface area contributed by atoms with Crippen LogP contribution in [0.25, 0.3) is 0 Å². The van der Waals surface area contributed by atoms with Crippen molar-refractivity contribution in [2.45, 2.75) is 97.3 Å². The van der Waals surface area contributed by atoms with Crippen LogP contribution in [0.3, 0.4) is 0 Å². The minimum atomic E-state index is -0.619. The molecule has 0 aromatic heterocycles. The monoisotopic (exact) mass is 482 g/mol. The summed E-state index contributed by atoms with van der Waals surface area (Å²) in [5.74, 6) is 0.507. The lowest BCUT2D eigenvalue weighted by molar-refractivity contribution is -0.896. The lowest BCUT2D eigenvalue weighted by Gasteiger charge is -2.29. The largest absolute Gasteiger partial charge is 0.455 e. The van der Waals surface area contributed by atoms with Crippen LogP contribution in [0.1, 0.15) is 89.2 Å². The first-order valence-corrected chi connectivity index (χ1v) is 13.7. The van der Waals surface area contributed by atoms with Gasteiger partial charge in [0.2, 0.25) is 6.29 Å². The second-order valence-electron chi connectivity index (χ2n) is 10.5. The molecule has 2 aromatic carbocycles. The van der Waals surface area contributed by atoms with Crippen molar-refractivity contribution in [1.82, 2.24) is 0 Å². The van der Waals surface area contributed by atoms with Crippen molar-refractivity contribution >= 4 is 5.97 Å². The third kappa shape index (κ3) is 13.4. The highest BCUT2D eigenvalue weighted by Crippen LogP contribution is 2.18. The first-order valence-electron chi connectivity index (χ1n) is 13.7. The second-order valence-corrected chi connectivity index (χ2v) is 10.5. The summed E-state index contributed by atoms with van der Waals surface area (Å²) in [5.41, 5.74) is 2.48. The number of benzene rings is 2. The molecule has 0 aliphatic rings. The fraction of sp³-hybridized carbons (Fsp3) is 0.581. The Kier molecular flexibility index (Phi) is 13.5. The van der Waals surface area contributed by atoms with E-state index in [9.17, 15) is 4.79 Å². The first kappa shape index (κ1) is 28.9. The molecule has 0 aliphatic carbocycles.